The number of ether oxygens (including phenoxy) is 1. The minimum Gasteiger partial charge on any atom is -0.381 e. The molecule has 17 heteroatoms. The lowest BCUT2D eigenvalue weighted by atomic mass is 9.91. The summed E-state index contributed by atoms with van der Waals surface area (Å²) in [6.07, 6.45) is 7.85. The fourth-order valence-electron chi connectivity index (χ4n) is 9.94. The van der Waals surface area contributed by atoms with Crippen molar-refractivity contribution in [3.8, 4) is 17.2 Å². The highest BCUT2D eigenvalue weighted by Gasteiger charge is 2.59. The Morgan fingerprint density at radius 1 is 1.00 bits per heavy atom. The molecule has 7 heterocycles. The number of hydrogen-bond acceptors (Lipinski definition) is 8. The number of carbonyl (C=O) groups is 1. The van der Waals surface area contributed by atoms with Crippen LogP contribution in [0.3, 0.4) is 0 Å². The molecule has 1 saturated heterocycles. The number of halogens is 2. The first-order valence-electron chi connectivity index (χ1n) is 20.8. The lowest BCUT2D eigenvalue weighted by Crippen LogP contribution is -2.39. The number of hydrogen-bond donors (Lipinski definition) is 1. The summed E-state index contributed by atoms with van der Waals surface area (Å²) in [7, 11) is 1.82. The molecule has 1 N–H and O–H groups in total. The maximum absolute atomic E-state index is 15.3. The molecule has 5 aromatic heterocycles. The molecule has 1 saturated carbocycles. The number of nitrogens with zero attached hydrogens (tertiary/aromatic N) is 9. The van der Waals surface area contributed by atoms with Crippen molar-refractivity contribution in [3.63, 3.8) is 0 Å². The molecule has 2 fully saturated rings. The monoisotopic (exact) mass is 856 g/mol. The number of aromatic nitrogens is 9. The predicted molar refractivity (Wildman–Crippen MR) is 228 cm³/mol. The van der Waals surface area contributed by atoms with Gasteiger partial charge >= 0.3 is 11.4 Å². The van der Waals surface area contributed by atoms with Gasteiger partial charge in [0.1, 0.15) is 22.9 Å². The molecule has 0 bridgehead atoms. The average molecular weight is 857 g/mol. The molecule has 15 nitrogen and oxygen atoms in total. The van der Waals surface area contributed by atoms with Crippen LogP contribution < -0.4 is 11.4 Å². The van der Waals surface area contributed by atoms with Crippen molar-refractivity contribution in [1.82, 2.24) is 48.3 Å². The minimum atomic E-state index is -0.815. The van der Waals surface area contributed by atoms with Crippen LogP contribution in [0, 0.1) is 25.6 Å². The number of benzene rings is 3. The van der Waals surface area contributed by atoms with Crippen LogP contribution in [0.4, 0.5) is 4.39 Å². The van der Waals surface area contributed by atoms with Crippen LogP contribution in [0.25, 0.3) is 39.0 Å². The number of imidazole rings is 1. The average Bonchev–Trinajstić information content (AvgIpc) is 3.90. The van der Waals surface area contributed by atoms with Gasteiger partial charge in [-0.25, -0.2) is 18.7 Å². The normalized spacial score (nSPS) is 19.2. The fourth-order valence-corrected chi connectivity index (χ4v) is 10.2. The summed E-state index contributed by atoms with van der Waals surface area (Å²) in [4.78, 5) is 46.8. The molecule has 2 atom stereocenters. The van der Waals surface area contributed by atoms with E-state index in [1.54, 1.807) is 64.9 Å². The highest BCUT2D eigenvalue weighted by atomic mass is 35.5. The van der Waals surface area contributed by atoms with Crippen LogP contribution in [0.2, 0.25) is 5.02 Å². The van der Waals surface area contributed by atoms with Gasteiger partial charge in [0.05, 0.1) is 40.3 Å². The zero-order valence-corrected chi connectivity index (χ0v) is 35.2. The third-order valence-electron chi connectivity index (χ3n) is 13.3. The summed E-state index contributed by atoms with van der Waals surface area (Å²) >= 11 is 6.92. The van der Waals surface area contributed by atoms with Crippen molar-refractivity contribution in [2.45, 2.75) is 64.5 Å². The molecule has 62 heavy (non-hydrogen) atoms. The predicted octanol–water partition coefficient (Wildman–Crippen LogP) is 6.62. The minimum absolute atomic E-state index is 0.0317. The summed E-state index contributed by atoms with van der Waals surface area (Å²) in [5.41, 5.74) is 5.39. The van der Waals surface area contributed by atoms with Gasteiger partial charge in [0.25, 0.3) is 5.91 Å². The zero-order valence-electron chi connectivity index (χ0n) is 34.5. The smallest absolute Gasteiger partial charge is 0.381 e. The Kier molecular flexibility index (Phi) is 8.68. The van der Waals surface area contributed by atoms with E-state index >= 15 is 9.18 Å². The third kappa shape index (κ3) is 5.72. The quantitative estimate of drug-likeness (QED) is 0.188. The third-order valence-corrected chi connectivity index (χ3v) is 13.7. The first-order valence-corrected chi connectivity index (χ1v) is 21.2. The summed E-state index contributed by atoms with van der Waals surface area (Å²) in [5, 5.41) is 15.5. The van der Waals surface area contributed by atoms with E-state index in [9.17, 15) is 9.59 Å². The van der Waals surface area contributed by atoms with E-state index in [2.05, 4.69) is 40.4 Å². The number of H-pyrrole nitrogens is 1. The molecule has 316 valence electrons. The number of fused-ring (bicyclic) bond motifs is 3. The van der Waals surface area contributed by atoms with E-state index in [-0.39, 0.29) is 24.2 Å². The molecule has 2 aliphatic heterocycles. The van der Waals surface area contributed by atoms with Gasteiger partial charge in [-0.05, 0) is 104 Å². The van der Waals surface area contributed by atoms with Crippen molar-refractivity contribution in [3.05, 3.63) is 138 Å². The number of rotatable bonds is 7. The standard InChI is InChI=1S/C45H42ClFN10O5/c1-24-17-30(18-25(2)39(24)47)57-40(55-14-13-54(44(55)60)36-8-7-35-31(38(36)46)22-48-52(35)4)32-23-53(12-9-33(32)50-57)41(58)37-20-29-19-28(27-10-15-61-16-11-27)5-6-34(29)56(37)45(21-26(45)3)42-49-43(59)62-51-42/h5-8,13-14,17-20,22,26-27H,9-12,15-16,21,23H2,1-4H3,(H,49,51,59)/t26-,45-/m0/s1. The van der Waals surface area contributed by atoms with Gasteiger partial charge in [-0.1, -0.05) is 29.7 Å². The fraction of sp³-hybridized carbons (Fsp3) is 0.333. The maximum atomic E-state index is 15.3. The second-order valence-corrected chi connectivity index (χ2v) is 17.4. The van der Waals surface area contributed by atoms with E-state index in [1.165, 1.54) is 14.7 Å². The van der Waals surface area contributed by atoms with E-state index in [0.717, 1.165) is 29.3 Å². The molecule has 3 aliphatic rings. The second-order valence-electron chi connectivity index (χ2n) is 17.0. The van der Waals surface area contributed by atoms with E-state index < -0.39 is 17.0 Å². The number of aromatic amines is 1. The van der Waals surface area contributed by atoms with Crippen LogP contribution >= 0.6 is 11.6 Å². The van der Waals surface area contributed by atoms with Crippen LogP contribution in [-0.2, 0) is 30.3 Å². The second kappa shape index (κ2) is 14.0. The number of amides is 1. The van der Waals surface area contributed by atoms with Gasteiger partial charge < -0.3 is 14.2 Å². The van der Waals surface area contributed by atoms with Crippen molar-refractivity contribution in [1.29, 1.82) is 0 Å². The van der Waals surface area contributed by atoms with Gasteiger partial charge in [-0.15, -0.1) is 0 Å². The van der Waals surface area contributed by atoms with Gasteiger partial charge in [-0.2, -0.15) is 10.2 Å². The molecule has 0 unspecified atom stereocenters. The van der Waals surface area contributed by atoms with Crippen LogP contribution in [-0.4, -0.2) is 74.0 Å². The highest BCUT2D eigenvalue weighted by molar-refractivity contribution is 6.37. The van der Waals surface area contributed by atoms with E-state index in [0.29, 0.717) is 100 Å². The van der Waals surface area contributed by atoms with E-state index in [4.69, 9.17) is 26.0 Å². The van der Waals surface area contributed by atoms with Crippen molar-refractivity contribution in [2.24, 2.45) is 13.0 Å². The SMILES string of the molecule is Cc1cc(-n2nc3c(c2-n2ccn(-c4ccc5c(cnn5C)c4Cl)c2=O)CN(C(=O)c2cc4cc(C5CCOCC5)ccc4n2[C@@]2(c4noc(=O)[nH]4)C[C@@H]2C)CC3)cc(C)c1F. The molecule has 8 aromatic rings. The molecule has 0 spiro atoms. The molecule has 11 rings (SSSR count). The Hall–Kier alpha value is -6.52. The Morgan fingerprint density at radius 3 is 2.47 bits per heavy atom. The van der Waals surface area contributed by atoms with E-state index in [1.807, 2.05) is 23.7 Å². The Morgan fingerprint density at radius 2 is 1.74 bits per heavy atom. The number of nitrogens with one attached hydrogen (secondary N) is 1. The number of aryl methyl sites for hydroxylation is 3. The van der Waals surface area contributed by atoms with Gasteiger partial charge in [0.15, 0.2) is 5.82 Å². The summed E-state index contributed by atoms with van der Waals surface area (Å²) in [5.74, 6) is -0.0288. The summed E-state index contributed by atoms with van der Waals surface area (Å²) in [6, 6.07) is 15.4. The molecule has 1 amide bonds. The molecule has 3 aromatic carbocycles. The lowest BCUT2D eigenvalue weighted by Gasteiger charge is -2.29. The lowest BCUT2D eigenvalue weighted by molar-refractivity contribution is 0.0721. The van der Waals surface area contributed by atoms with Crippen LogP contribution in [0.1, 0.15) is 76.4 Å². The van der Waals surface area contributed by atoms with Gasteiger partial charge in [0, 0.05) is 67.5 Å². The van der Waals surface area contributed by atoms with Crippen LogP contribution in [0.5, 0.6) is 0 Å². The summed E-state index contributed by atoms with van der Waals surface area (Å²) in [6.45, 7) is 7.34. The summed E-state index contributed by atoms with van der Waals surface area (Å²) < 4.78 is 34.1. The maximum Gasteiger partial charge on any atom is 0.438 e. The Labute approximate surface area is 357 Å². The Balaban J connectivity index is 1.04. The largest absolute Gasteiger partial charge is 0.438 e. The van der Waals surface area contributed by atoms with Crippen LogP contribution in [0.15, 0.2) is 81.2 Å². The molecular weight excluding hydrogens is 815 g/mol. The van der Waals surface area contributed by atoms with Gasteiger partial charge in [-0.3, -0.25) is 28.1 Å². The zero-order chi connectivity index (χ0) is 42.8. The topological polar surface area (TPSA) is 156 Å². The molecular formula is C45H42ClFN10O5. The van der Waals surface area contributed by atoms with Gasteiger partial charge in [0.2, 0.25) is 0 Å². The highest BCUT2D eigenvalue weighted by Crippen LogP contribution is 2.56. The number of carbonyl (C=O) groups excluding carboxylic acids is 1. The molecule has 0 radical (unpaired) electrons. The Bertz CT molecular complexity index is 3250. The van der Waals surface area contributed by atoms with Crippen molar-refractivity contribution >= 4 is 39.3 Å². The first-order chi connectivity index (χ1) is 29.9. The molecule has 1 aliphatic carbocycles. The van der Waals surface area contributed by atoms with Crippen molar-refractivity contribution in [2.75, 3.05) is 19.8 Å². The van der Waals surface area contributed by atoms with Crippen molar-refractivity contribution < 1.29 is 18.4 Å². The first kappa shape index (κ1) is 38.4.